The Morgan fingerprint density at radius 3 is 2.75 bits per heavy atom. The molecule has 2 aromatic heterocycles. The van der Waals surface area contributed by atoms with Gasteiger partial charge in [0.15, 0.2) is 17.4 Å². The van der Waals surface area contributed by atoms with Crippen LogP contribution < -0.4 is 20.5 Å². The summed E-state index contributed by atoms with van der Waals surface area (Å²) >= 11 is 6.43. The molecular formula is C27H32ClN5O3. The van der Waals surface area contributed by atoms with Crippen LogP contribution in [-0.4, -0.2) is 40.0 Å². The summed E-state index contributed by atoms with van der Waals surface area (Å²) in [6.07, 6.45) is 8.91. The van der Waals surface area contributed by atoms with Crippen molar-refractivity contribution in [3.05, 3.63) is 45.8 Å². The van der Waals surface area contributed by atoms with E-state index in [4.69, 9.17) is 16.3 Å². The van der Waals surface area contributed by atoms with E-state index in [0.29, 0.717) is 35.7 Å². The van der Waals surface area contributed by atoms with Gasteiger partial charge in [-0.2, -0.15) is 4.98 Å². The summed E-state index contributed by atoms with van der Waals surface area (Å²) in [4.78, 5) is 36.3. The van der Waals surface area contributed by atoms with Gasteiger partial charge in [0.2, 0.25) is 5.95 Å². The Balaban J connectivity index is 1.45. The van der Waals surface area contributed by atoms with Gasteiger partial charge in [0.05, 0.1) is 11.7 Å². The second-order valence-electron chi connectivity index (χ2n) is 9.69. The summed E-state index contributed by atoms with van der Waals surface area (Å²) in [6.45, 7) is 4.20. The molecule has 0 spiro atoms. The molecule has 3 heterocycles. The van der Waals surface area contributed by atoms with Gasteiger partial charge in [0.25, 0.3) is 5.56 Å². The van der Waals surface area contributed by atoms with Gasteiger partial charge in [-0.1, -0.05) is 31.4 Å². The lowest BCUT2D eigenvalue weighted by Gasteiger charge is -2.26. The topological polar surface area (TPSA) is 89.3 Å². The normalized spacial score (nSPS) is 15.8. The summed E-state index contributed by atoms with van der Waals surface area (Å²) in [6, 6.07) is 7.54. The van der Waals surface area contributed by atoms with Crippen LogP contribution in [0.4, 0.5) is 17.5 Å². The smallest absolute Gasteiger partial charge is 0.293 e. The van der Waals surface area contributed by atoms with Gasteiger partial charge in [-0.15, -0.1) is 0 Å². The van der Waals surface area contributed by atoms with E-state index in [9.17, 15) is 9.59 Å². The van der Waals surface area contributed by atoms with Gasteiger partial charge in [0, 0.05) is 37.1 Å². The zero-order valence-corrected chi connectivity index (χ0v) is 21.4. The van der Waals surface area contributed by atoms with E-state index < -0.39 is 0 Å². The molecule has 0 radical (unpaired) electrons. The number of anilines is 3. The van der Waals surface area contributed by atoms with E-state index in [-0.39, 0.29) is 23.7 Å². The van der Waals surface area contributed by atoms with Gasteiger partial charge >= 0.3 is 0 Å². The molecule has 36 heavy (non-hydrogen) atoms. The first-order valence-corrected chi connectivity index (χ1v) is 13.3. The number of pyridine rings is 1. The standard InChI is InChI=1S/C27H32ClN5O3/c1-2-21(34)17-36-24-15-19-14-20(8-9-23(19)33(26(24)35)13-10-18-6-7-18)30-25-22(28)16-29-27(31-25)32-11-4-3-5-12-32/h8-9,14-16,18H,2-7,10-13,17H2,1H3,(H,29,30,31). The number of fused-ring (bicyclic) bond motifs is 1. The highest BCUT2D eigenvalue weighted by molar-refractivity contribution is 6.32. The maximum absolute atomic E-state index is 13.2. The lowest BCUT2D eigenvalue weighted by Crippen LogP contribution is -2.31. The lowest BCUT2D eigenvalue weighted by molar-refractivity contribution is -0.120. The van der Waals surface area contributed by atoms with E-state index in [1.807, 2.05) is 18.2 Å². The van der Waals surface area contributed by atoms with Crippen molar-refractivity contribution in [3.63, 3.8) is 0 Å². The predicted octanol–water partition coefficient (Wildman–Crippen LogP) is 5.34. The van der Waals surface area contributed by atoms with Crippen molar-refractivity contribution in [3.8, 4) is 5.75 Å². The Bertz CT molecular complexity index is 1310. The zero-order valence-electron chi connectivity index (χ0n) is 20.6. The molecule has 1 aliphatic carbocycles. The molecule has 9 heteroatoms. The lowest BCUT2D eigenvalue weighted by atomic mass is 10.1. The second-order valence-corrected chi connectivity index (χ2v) is 10.1. The number of nitrogens with one attached hydrogen (secondary N) is 1. The molecule has 2 fully saturated rings. The molecule has 0 amide bonds. The molecule has 1 saturated carbocycles. The average Bonchev–Trinajstić information content (AvgIpc) is 3.73. The van der Waals surface area contributed by atoms with E-state index in [2.05, 4.69) is 20.2 Å². The minimum atomic E-state index is -0.196. The van der Waals surface area contributed by atoms with Crippen LogP contribution in [0.5, 0.6) is 5.75 Å². The van der Waals surface area contributed by atoms with Crippen molar-refractivity contribution >= 4 is 45.7 Å². The molecular weight excluding hydrogens is 478 g/mol. The van der Waals surface area contributed by atoms with Crippen molar-refractivity contribution in [2.45, 2.75) is 58.4 Å². The molecule has 2 aliphatic rings. The summed E-state index contributed by atoms with van der Waals surface area (Å²) < 4.78 is 7.44. The number of halogens is 1. The number of ether oxygens (including phenoxy) is 1. The van der Waals surface area contributed by atoms with Gasteiger partial charge in [-0.05, 0) is 55.9 Å². The number of aryl methyl sites for hydroxylation is 1. The largest absolute Gasteiger partial charge is 0.480 e. The van der Waals surface area contributed by atoms with Crippen LogP contribution in [-0.2, 0) is 11.3 Å². The fourth-order valence-electron chi connectivity index (χ4n) is 4.57. The van der Waals surface area contributed by atoms with Gasteiger partial charge in [-0.3, -0.25) is 9.59 Å². The molecule has 1 saturated heterocycles. The molecule has 5 rings (SSSR count). The first kappa shape index (κ1) is 24.6. The number of aromatic nitrogens is 3. The van der Waals surface area contributed by atoms with E-state index >= 15 is 0 Å². The van der Waals surface area contributed by atoms with Crippen LogP contribution in [0.15, 0.2) is 35.3 Å². The monoisotopic (exact) mass is 509 g/mol. The Morgan fingerprint density at radius 1 is 1.19 bits per heavy atom. The number of hydrogen-bond donors (Lipinski definition) is 1. The molecule has 1 N–H and O–H groups in total. The number of rotatable bonds is 10. The molecule has 0 atom stereocenters. The fraction of sp³-hybridized carbons (Fsp3) is 0.481. The van der Waals surface area contributed by atoms with Crippen LogP contribution in [0.1, 0.15) is 51.9 Å². The summed E-state index contributed by atoms with van der Waals surface area (Å²) in [5.74, 6) is 2.06. The second kappa shape index (κ2) is 10.9. The number of carbonyl (C=O) groups is 1. The van der Waals surface area contributed by atoms with Crippen LogP contribution in [0.2, 0.25) is 5.02 Å². The highest BCUT2D eigenvalue weighted by Gasteiger charge is 2.22. The number of piperidine rings is 1. The van der Waals surface area contributed by atoms with Crippen LogP contribution in [0, 0.1) is 5.92 Å². The molecule has 3 aromatic rings. The van der Waals surface area contributed by atoms with Crippen molar-refractivity contribution in [1.82, 2.24) is 14.5 Å². The number of benzene rings is 1. The van der Waals surface area contributed by atoms with Crippen LogP contribution in [0.3, 0.4) is 0 Å². The van der Waals surface area contributed by atoms with E-state index in [1.54, 1.807) is 23.8 Å². The number of Topliss-reactive ketones (excluding diaryl/α,β-unsaturated/α-hetero) is 1. The summed E-state index contributed by atoms with van der Waals surface area (Å²) in [7, 11) is 0. The Labute approximate surface area is 215 Å². The zero-order chi connectivity index (χ0) is 25.1. The Kier molecular flexibility index (Phi) is 7.41. The first-order chi connectivity index (χ1) is 17.5. The van der Waals surface area contributed by atoms with Crippen molar-refractivity contribution in [2.75, 3.05) is 29.9 Å². The van der Waals surface area contributed by atoms with Gasteiger partial charge in [0.1, 0.15) is 11.6 Å². The first-order valence-electron chi connectivity index (χ1n) is 12.9. The predicted molar refractivity (Wildman–Crippen MR) is 143 cm³/mol. The number of hydrogen-bond acceptors (Lipinski definition) is 7. The van der Waals surface area contributed by atoms with Crippen molar-refractivity contribution in [2.24, 2.45) is 5.92 Å². The van der Waals surface area contributed by atoms with Gasteiger partial charge in [-0.25, -0.2) is 4.98 Å². The summed E-state index contributed by atoms with van der Waals surface area (Å²) in [5.41, 5.74) is 1.43. The van der Waals surface area contributed by atoms with E-state index in [1.165, 1.54) is 19.3 Å². The maximum atomic E-state index is 13.2. The highest BCUT2D eigenvalue weighted by atomic mass is 35.5. The number of carbonyl (C=O) groups excluding carboxylic acids is 1. The van der Waals surface area contributed by atoms with Gasteiger partial charge < -0.3 is 19.5 Å². The van der Waals surface area contributed by atoms with Crippen LogP contribution in [0.25, 0.3) is 10.9 Å². The maximum Gasteiger partial charge on any atom is 0.293 e. The Hall–Kier alpha value is -3.13. The van der Waals surface area contributed by atoms with Crippen molar-refractivity contribution in [1.29, 1.82) is 0 Å². The molecule has 8 nitrogen and oxygen atoms in total. The van der Waals surface area contributed by atoms with Crippen LogP contribution >= 0.6 is 11.6 Å². The molecule has 0 bridgehead atoms. The minimum Gasteiger partial charge on any atom is -0.480 e. The third kappa shape index (κ3) is 5.64. The molecule has 1 aliphatic heterocycles. The minimum absolute atomic E-state index is 0.0441. The molecule has 190 valence electrons. The summed E-state index contributed by atoms with van der Waals surface area (Å²) in [5, 5.41) is 4.61. The highest BCUT2D eigenvalue weighted by Crippen LogP contribution is 2.33. The Morgan fingerprint density at radius 2 is 2.00 bits per heavy atom. The molecule has 0 unspecified atom stereocenters. The van der Waals surface area contributed by atoms with Crippen molar-refractivity contribution < 1.29 is 9.53 Å². The fourth-order valence-corrected chi connectivity index (χ4v) is 4.71. The third-order valence-corrected chi connectivity index (χ3v) is 7.21. The van der Waals surface area contributed by atoms with E-state index in [0.717, 1.165) is 48.9 Å². The third-order valence-electron chi connectivity index (χ3n) is 6.93. The number of nitrogens with zero attached hydrogens (tertiary/aromatic N) is 4. The number of ketones is 1. The molecule has 1 aromatic carbocycles. The average molecular weight is 510 g/mol. The SMILES string of the molecule is CCC(=O)COc1cc2cc(Nc3nc(N4CCCCC4)ncc3Cl)ccc2n(CCC2CC2)c1=O. The quantitative estimate of drug-likeness (QED) is 0.394.